The number of sulfonamides is 1. The number of alkyl halides is 2. The monoisotopic (exact) mass is 441 g/mol. The first-order valence-electron chi connectivity index (χ1n) is 8.67. The fourth-order valence-electron chi connectivity index (χ4n) is 2.92. The van der Waals surface area contributed by atoms with E-state index in [1.54, 1.807) is 0 Å². The molecule has 0 atom stereocenters. The SMILES string of the molecule is Cc1c(NS(=O)(=O)Cc2ccccc2F)c(=O)n(-c2cccc(OC(F)F)c2)n1C. The molecule has 30 heavy (non-hydrogen) atoms. The van der Waals surface area contributed by atoms with Gasteiger partial charge in [-0.15, -0.1) is 0 Å². The summed E-state index contributed by atoms with van der Waals surface area (Å²) in [5.74, 6) is -1.50. The van der Waals surface area contributed by atoms with E-state index < -0.39 is 33.8 Å². The molecule has 11 heteroatoms. The van der Waals surface area contributed by atoms with Gasteiger partial charge in [-0.25, -0.2) is 17.5 Å². The molecule has 0 unspecified atom stereocenters. The van der Waals surface area contributed by atoms with Gasteiger partial charge in [0.05, 0.1) is 17.1 Å². The fraction of sp³-hybridized carbons (Fsp3) is 0.211. The van der Waals surface area contributed by atoms with E-state index >= 15 is 0 Å². The number of nitrogens with zero attached hydrogens (tertiary/aromatic N) is 2. The van der Waals surface area contributed by atoms with Crippen LogP contribution in [0.5, 0.6) is 5.75 Å². The molecule has 0 amide bonds. The van der Waals surface area contributed by atoms with Crippen LogP contribution < -0.4 is 15.0 Å². The number of anilines is 1. The minimum absolute atomic E-state index is 0.0456. The predicted octanol–water partition coefficient (Wildman–Crippen LogP) is 3.17. The molecule has 2 aromatic carbocycles. The molecule has 0 saturated heterocycles. The van der Waals surface area contributed by atoms with Crippen LogP contribution in [0.3, 0.4) is 0 Å². The largest absolute Gasteiger partial charge is 0.435 e. The Balaban J connectivity index is 1.97. The Hall–Kier alpha value is -3.21. The van der Waals surface area contributed by atoms with Gasteiger partial charge in [0, 0.05) is 18.7 Å². The van der Waals surface area contributed by atoms with Crippen LogP contribution in [0, 0.1) is 12.7 Å². The predicted molar refractivity (Wildman–Crippen MR) is 105 cm³/mol. The van der Waals surface area contributed by atoms with Crippen molar-refractivity contribution in [1.82, 2.24) is 9.36 Å². The summed E-state index contributed by atoms with van der Waals surface area (Å²) in [6.07, 6.45) is 0. The van der Waals surface area contributed by atoms with E-state index in [4.69, 9.17) is 0 Å². The lowest BCUT2D eigenvalue weighted by molar-refractivity contribution is -0.0498. The van der Waals surface area contributed by atoms with Crippen LogP contribution >= 0.6 is 0 Å². The molecule has 0 radical (unpaired) electrons. The highest BCUT2D eigenvalue weighted by Gasteiger charge is 2.22. The maximum absolute atomic E-state index is 13.8. The average Bonchev–Trinajstić information content (AvgIpc) is 2.86. The Kier molecular flexibility index (Phi) is 5.92. The van der Waals surface area contributed by atoms with E-state index in [1.807, 2.05) is 0 Å². The second-order valence-corrected chi connectivity index (χ2v) is 8.15. The highest BCUT2D eigenvalue weighted by Crippen LogP contribution is 2.21. The van der Waals surface area contributed by atoms with Gasteiger partial charge in [-0.1, -0.05) is 24.3 Å². The molecular formula is C19H18F3N3O4S. The Labute approximate surface area is 170 Å². The molecule has 1 heterocycles. The summed E-state index contributed by atoms with van der Waals surface area (Å²) in [5, 5.41) is 0. The van der Waals surface area contributed by atoms with E-state index in [-0.39, 0.29) is 28.4 Å². The Morgan fingerprint density at radius 2 is 1.83 bits per heavy atom. The van der Waals surface area contributed by atoms with Gasteiger partial charge in [-0.2, -0.15) is 8.78 Å². The zero-order valence-corrected chi connectivity index (χ0v) is 16.8. The molecule has 3 aromatic rings. The first-order chi connectivity index (χ1) is 14.1. The lowest BCUT2D eigenvalue weighted by atomic mass is 10.2. The summed E-state index contributed by atoms with van der Waals surface area (Å²) in [6, 6.07) is 10.8. The van der Waals surface area contributed by atoms with Gasteiger partial charge in [0.2, 0.25) is 10.0 Å². The van der Waals surface area contributed by atoms with Crippen molar-refractivity contribution in [3.05, 3.63) is 76.0 Å². The van der Waals surface area contributed by atoms with Gasteiger partial charge in [0.25, 0.3) is 5.56 Å². The summed E-state index contributed by atoms with van der Waals surface area (Å²) < 4.78 is 72.8. The quantitative estimate of drug-likeness (QED) is 0.611. The zero-order valence-electron chi connectivity index (χ0n) is 16.0. The van der Waals surface area contributed by atoms with E-state index in [0.717, 1.165) is 10.7 Å². The van der Waals surface area contributed by atoms with E-state index in [0.29, 0.717) is 0 Å². The third-order valence-electron chi connectivity index (χ3n) is 4.40. The van der Waals surface area contributed by atoms with Gasteiger partial charge < -0.3 is 4.74 Å². The zero-order chi connectivity index (χ0) is 22.1. The molecule has 0 fully saturated rings. The number of aromatic nitrogens is 2. The van der Waals surface area contributed by atoms with Crippen molar-refractivity contribution < 1.29 is 26.3 Å². The number of hydrogen-bond acceptors (Lipinski definition) is 4. The second-order valence-electron chi connectivity index (χ2n) is 6.43. The van der Waals surface area contributed by atoms with Gasteiger partial charge in [0.15, 0.2) is 0 Å². The molecule has 0 saturated carbocycles. The number of halogens is 3. The number of nitrogens with one attached hydrogen (secondary N) is 1. The topological polar surface area (TPSA) is 82.3 Å². The molecule has 0 aliphatic rings. The minimum atomic E-state index is -4.11. The molecule has 1 aromatic heterocycles. The van der Waals surface area contributed by atoms with Crippen molar-refractivity contribution in [2.45, 2.75) is 19.3 Å². The normalized spacial score (nSPS) is 11.7. The molecule has 0 aliphatic heterocycles. The summed E-state index contributed by atoms with van der Waals surface area (Å²) in [7, 11) is -2.60. The van der Waals surface area contributed by atoms with Crippen molar-refractivity contribution in [2.24, 2.45) is 7.05 Å². The van der Waals surface area contributed by atoms with Gasteiger partial charge >= 0.3 is 6.61 Å². The Bertz CT molecular complexity index is 1240. The smallest absolute Gasteiger partial charge is 0.387 e. The minimum Gasteiger partial charge on any atom is -0.435 e. The summed E-state index contributed by atoms with van der Waals surface area (Å²) >= 11 is 0. The summed E-state index contributed by atoms with van der Waals surface area (Å²) in [6.45, 7) is -1.52. The van der Waals surface area contributed by atoms with Crippen molar-refractivity contribution in [2.75, 3.05) is 4.72 Å². The van der Waals surface area contributed by atoms with Crippen LogP contribution in [0.25, 0.3) is 5.69 Å². The van der Waals surface area contributed by atoms with E-state index in [9.17, 15) is 26.4 Å². The Morgan fingerprint density at radius 3 is 2.50 bits per heavy atom. The number of ether oxygens (including phenoxy) is 1. The molecule has 7 nitrogen and oxygen atoms in total. The summed E-state index contributed by atoms with van der Waals surface area (Å²) in [5.41, 5.74) is -0.522. The lowest BCUT2D eigenvalue weighted by Crippen LogP contribution is -2.24. The molecule has 0 spiro atoms. The van der Waals surface area contributed by atoms with Crippen molar-refractivity contribution >= 4 is 15.7 Å². The highest BCUT2D eigenvalue weighted by molar-refractivity contribution is 7.91. The summed E-state index contributed by atoms with van der Waals surface area (Å²) in [4.78, 5) is 12.9. The molecular weight excluding hydrogens is 423 g/mol. The lowest BCUT2D eigenvalue weighted by Gasteiger charge is -2.10. The van der Waals surface area contributed by atoms with Crippen molar-refractivity contribution in [3.63, 3.8) is 0 Å². The van der Waals surface area contributed by atoms with Gasteiger partial charge in [-0.05, 0) is 25.1 Å². The van der Waals surface area contributed by atoms with Crippen LogP contribution in [0.4, 0.5) is 18.9 Å². The Morgan fingerprint density at radius 1 is 1.13 bits per heavy atom. The van der Waals surface area contributed by atoms with Crippen LogP contribution in [0.15, 0.2) is 53.3 Å². The fourth-order valence-corrected chi connectivity index (χ4v) is 4.18. The standard InChI is InChI=1S/C19H18F3N3O4S/c1-12-17(23-30(27,28)11-13-6-3-4-9-16(13)20)18(26)25(24(12)2)14-7-5-8-15(10-14)29-19(21)22/h3-10,19,23H,11H2,1-2H3. The third-order valence-corrected chi connectivity index (χ3v) is 5.61. The van der Waals surface area contributed by atoms with E-state index in [1.165, 1.54) is 61.1 Å². The van der Waals surface area contributed by atoms with Crippen LogP contribution in [-0.4, -0.2) is 24.4 Å². The van der Waals surface area contributed by atoms with Gasteiger partial charge in [0.1, 0.15) is 17.3 Å². The van der Waals surface area contributed by atoms with E-state index in [2.05, 4.69) is 9.46 Å². The van der Waals surface area contributed by atoms with Crippen LogP contribution in [0.2, 0.25) is 0 Å². The van der Waals surface area contributed by atoms with Gasteiger partial charge in [-0.3, -0.25) is 14.2 Å². The highest BCUT2D eigenvalue weighted by atomic mass is 32.2. The molecule has 0 bridgehead atoms. The number of benzene rings is 2. The molecule has 0 aliphatic carbocycles. The molecule has 3 rings (SSSR count). The average molecular weight is 441 g/mol. The molecule has 1 N–H and O–H groups in total. The third kappa shape index (κ3) is 4.51. The maximum Gasteiger partial charge on any atom is 0.387 e. The number of hydrogen-bond donors (Lipinski definition) is 1. The van der Waals surface area contributed by atoms with Crippen molar-refractivity contribution in [3.8, 4) is 11.4 Å². The first-order valence-corrected chi connectivity index (χ1v) is 10.3. The first kappa shape index (κ1) is 21.5. The van der Waals surface area contributed by atoms with Crippen LogP contribution in [0.1, 0.15) is 11.3 Å². The maximum atomic E-state index is 13.8. The molecule has 160 valence electrons. The number of rotatable bonds is 7. The van der Waals surface area contributed by atoms with Crippen molar-refractivity contribution in [1.29, 1.82) is 0 Å². The second kappa shape index (κ2) is 8.27. The van der Waals surface area contributed by atoms with Crippen LogP contribution in [-0.2, 0) is 22.8 Å².